The van der Waals surface area contributed by atoms with Crippen molar-refractivity contribution in [1.29, 1.82) is 0 Å². The fourth-order valence-corrected chi connectivity index (χ4v) is 3.21. The molecule has 0 fully saturated rings. The summed E-state index contributed by atoms with van der Waals surface area (Å²) in [7, 11) is 3.08. The number of amides is 1. The molecule has 0 saturated carbocycles. The summed E-state index contributed by atoms with van der Waals surface area (Å²) in [6.45, 7) is 2.54. The van der Waals surface area contributed by atoms with Crippen LogP contribution in [0.4, 0.5) is 5.13 Å². The molecule has 25 heavy (non-hydrogen) atoms. The molecule has 0 atom stereocenters. The van der Waals surface area contributed by atoms with Gasteiger partial charge >= 0.3 is 0 Å². The molecule has 6 nitrogen and oxygen atoms in total. The number of aromatic nitrogens is 1. The lowest BCUT2D eigenvalue weighted by Crippen LogP contribution is -2.12. The van der Waals surface area contributed by atoms with Gasteiger partial charge in [0.05, 0.1) is 31.0 Å². The zero-order valence-corrected chi connectivity index (χ0v) is 15.0. The lowest BCUT2D eigenvalue weighted by Gasteiger charge is -2.07. The molecule has 1 N–H and O–H groups in total. The van der Waals surface area contributed by atoms with E-state index in [1.165, 1.54) is 11.3 Å². The van der Waals surface area contributed by atoms with Crippen molar-refractivity contribution in [3.8, 4) is 17.2 Å². The van der Waals surface area contributed by atoms with Crippen molar-refractivity contribution in [2.75, 3.05) is 26.1 Å². The van der Waals surface area contributed by atoms with Crippen molar-refractivity contribution in [3.63, 3.8) is 0 Å². The Kier molecular flexibility index (Phi) is 5.04. The fraction of sp³-hybridized carbons (Fsp3) is 0.222. The van der Waals surface area contributed by atoms with Gasteiger partial charge in [0.15, 0.2) is 5.13 Å². The van der Waals surface area contributed by atoms with E-state index in [4.69, 9.17) is 14.2 Å². The van der Waals surface area contributed by atoms with E-state index in [0.717, 1.165) is 16.0 Å². The highest BCUT2D eigenvalue weighted by Crippen LogP contribution is 2.30. The summed E-state index contributed by atoms with van der Waals surface area (Å²) < 4.78 is 16.8. The quantitative estimate of drug-likeness (QED) is 0.722. The molecule has 0 aliphatic rings. The molecular weight excluding hydrogens is 340 g/mol. The molecule has 3 aromatic rings. The van der Waals surface area contributed by atoms with Crippen molar-refractivity contribution >= 4 is 32.6 Å². The second-order valence-corrected chi connectivity index (χ2v) is 6.17. The molecule has 0 bridgehead atoms. The lowest BCUT2D eigenvalue weighted by molar-refractivity contribution is 0.102. The predicted molar refractivity (Wildman–Crippen MR) is 98.3 cm³/mol. The highest BCUT2D eigenvalue weighted by Gasteiger charge is 2.13. The standard InChI is InChI=1S/C18H18N2O4S/c1-4-24-12-5-6-15-16(10-12)25-18(19-15)20-17(21)11-7-13(22-2)9-14(8-11)23-3/h5-10H,4H2,1-3H3,(H,19,20,21). The number of fused-ring (bicyclic) bond motifs is 1. The second-order valence-electron chi connectivity index (χ2n) is 5.14. The van der Waals surface area contributed by atoms with Crippen molar-refractivity contribution < 1.29 is 19.0 Å². The van der Waals surface area contributed by atoms with Gasteiger partial charge in [0, 0.05) is 11.6 Å². The number of methoxy groups -OCH3 is 2. The number of nitrogens with zero attached hydrogens (tertiary/aromatic N) is 1. The van der Waals surface area contributed by atoms with Gasteiger partial charge in [-0.3, -0.25) is 10.1 Å². The number of rotatable bonds is 6. The molecule has 0 saturated heterocycles. The van der Waals surface area contributed by atoms with E-state index in [2.05, 4.69) is 10.3 Å². The van der Waals surface area contributed by atoms with Crippen LogP contribution in [0.15, 0.2) is 36.4 Å². The zero-order valence-electron chi connectivity index (χ0n) is 14.2. The molecular formula is C18H18N2O4S. The summed E-state index contributed by atoms with van der Waals surface area (Å²) in [6, 6.07) is 10.7. The summed E-state index contributed by atoms with van der Waals surface area (Å²) in [5, 5.41) is 3.34. The van der Waals surface area contributed by atoms with Crippen LogP contribution in [0.1, 0.15) is 17.3 Å². The largest absolute Gasteiger partial charge is 0.497 e. The van der Waals surface area contributed by atoms with Crippen LogP contribution in [0.25, 0.3) is 10.2 Å². The Balaban J connectivity index is 1.84. The Labute approximate surface area is 149 Å². The molecule has 1 amide bonds. The third-order valence-corrected chi connectivity index (χ3v) is 4.44. The predicted octanol–water partition coefficient (Wildman–Crippen LogP) is 3.96. The average molecular weight is 358 g/mol. The number of thiazole rings is 1. The van der Waals surface area contributed by atoms with Gasteiger partial charge in [-0.1, -0.05) is 11.3 Å². The highest BCUT2D eigenvalue weighted by atomic mass is 32.1. The fourth-order valence-electron chi connectivity index (χ4n) is 2.32. The summed E-state index contributed by atoms with van der Waals surface area (Å²) in [6.07, 6.45) is 0. The van der Waals surface area contributed by atoms with Crippen LogP contribution in [-0.2, 0) is 0 Å². The molecule has 0 aliphatic heterocycles. The number of hydrogen-bond donors (Lipinski definition) is 1. The number of nitrogens with one attached hydrogen (secondary N) is 1. The van der Waals surface area contributed by atoms with Crippen LogP contribution in [0.5, 0.6) is 17.2 Å². The van der Waals surface area contributed by atoms with Crippen LogP contribution in [0, 0.1) is 0 Å². The molecule has 0 unspecified atom stereocenters. The lowest BCUT2D eigenvalue weighted by atomic mass is 10.2. The van der Waals surface area contributed by atoms with E-state index in [9.17, 15) is 4.79 Å². The summed E-state index contributed by atoms with van der Waals surface area (Å²) in [5.41, 5.74) is 1.25. The number of anilines is 1. The van der Waals surface area contributed by atoms with Crippen molar-refractivity contribution in [2.24, 2.45) is 0 Å². The number of ether oxygens (including phenoxy) is 3. The van der Waals surface area contributed by atoms with Crippen LogP contribution < -0.4 is 19.5 Å². The first-order chi connectivity index (χ1) is 12.1. The Bertz CT molecular complexity index is 885. The molecule has 130 valence electrons. The van der Waals surface area contributed by atoms with E-state index >= 15 is 0 Å². The molecule has 0 radical (unpaired) electrons. The Morgan fingerprint density at radius 1 is 1.08 bits per heavy atom. The van der Waals surface area contributed by atoms with Gasteiger partial charge in [-0.05, 0) is 37.3 Å². The minimum Gasteiger partial charge on any atom is -0.497 e. The van der Waals surface area contributed by atoms with Crippen molar-refractivity contribution in [1.82, 2.24) is 4.98 Å². The van der Waals surface area contributed by atoms with Crippen molar-refractivity contribution in [3.05, 3.63) is 42.0 Å². The van der Waals surface area contributed by atoms with E-state index in [0.29, 0.717) is 28.8 Å². The maximum absolute atomic E-state index is 12.5. The van der Waals surface area contributed by atoms with Crippen LogP contribution in [0.3, 0.4) is 0 Å². The van der Waals surface area contributed by atoms with Gasteiger partial charge in [-0.25, -0.2) is 4.98 Å². The van der Waals surface area contributed by atoms with E-state index in [1.807, 2.05) is 25.1 Å². The minimum absolute atomic E-state index is 0.277. The normalized spacial score (nSPS) is 10.5. The zero-order chi connectivity index (χ0) is 17.8. The maximum Gasteiger partial charge on any atom is 0.257 e. The van der Waals surface area contributed by atoms with Crippen LogP contribution in [0.2, 0.25) is 0 Å². The van der Waals surface area contributed by atoms with E-state index in [1.54, 1.807) is 32.4 Å². The number of benzene rings is 2. The van der Waals surface area contributed by atoms with Crippen LogP contribution >= 0.6 is 11.3 Å². The molecule has 0 spiro atoms. The smallest absolute Gasteiger partial charge is 0.257 e. The van der Waals surface area contributed by atoms with Crippen LogP contribution in [-0.4, -0.2) is 31.7 Å². The third kappa shape index (κ3) is 3.83. The number of hydrogen-bond acceptors (Lipinski definition) is 6. The molecule has 2 aromatic carbocycles. The van der Waals surface area contributed by atoms with E-state index in [-0.39, 0.29) is 5.91 Å². The molecule has 3 rings (SSSR count). The SMILES string of the molecule is CCOc1ccc2nc(NC(=O)c3cc(OC)cc(OC)c3)sc2c1. The first kappa shape index (κ1) is 17.0. The first-order valence-electron chi connectivity index (χ1n) is 7.70. The average Bonchev–Trinajstić information content (AvgIpc) is 3.02. The Hall–Kier alpha value is -2.80. The summed E-state index contributed by atoms with van der Waals surface area (Å²) in [4.78, 5) is 16.9. The molecule has 1 heterocycles. The topological polar surface area (TPSA) is 69.7 Å². The van der Waals surface area contributed by atoms with Gasteiger partial charge in [-0.15, -0.1) is 0 Å². The Morgan fingerprint density at radius 2 is 1.80 bits per heavy atom. The molecule has 0 aliphatic carbocycles. The monoisotopic (exact) mass is 358 g/mol. The third-order valence-electron chi connectivity index (χ3n) is 3.51. The second kappa shape index (κ2) is 7.40. The van der Waals surface area contributed by atoms with E-state index < -0.39 is 0 Å². The van der Waals surface area contributed by atoms with Crippen molar-refractivity contribution in [2.45, 2.75) is 6.92 Å². The first-order valence-corrected chi connectivity index (χ1v) is 8.52. The Morgan fingerprint density at radius 3 is 2.44 bits per heavy atom. The highest BCUT2D eigenvalue weighted by molar-refractivity contribution is 7.22. The maximum atomic E-state index is 12.5. The number of carbonyl (C=O) groups is 1. The molecule has 1 aromatic heterocycles. The summed E-state index contributed by atoms with van der Waals surface area (Å²) in [5.74, 6) is 1.61. The van der Waals surface area contributed by atoms with Gasteiger partial charge in [0.25, 0.3) is 5.91 Å². The summed E-state index contributed by atoms with van der Waals surface area (Å²) >= 11 is 1.39. The molecule has 7 heteroatoms. The number of carbonyl (C=O) groups excluding carboxylic acids is 1. The van der Waals surface area contributed by atoms with Gasteiger partial charge < -0.3 is 14.2 Å². The van der Waals surface area contributed by atoms with Gasteiger partial charge in [0.2, 0.25) is 0 Å². The van der Waals surface area contributed by atoms with Gasteiger partial charge in [0.1, 0.15) is 17.2 Å². The minimum atomic E-state index is -0.277. The van der Waals surface area contributed by atoms with Gasteiger partial charge in [-0.2, -0.15) is 0 Å².